The van der Waals surface area contributed by atoms with Crippen molar-refractivity contribution in [3.05, 3.63) is 70.4 Å². The van der Waals surface area contributed by atoms with E-state index in [0.29, 0.717) is 11.1 Å². The van der Waals surface area contributed by atoms with Crippen LogP contribution in [0.1, 0.15) is 30.3 Å². The van der Waals surface area contributed by atoms with Crippen LogP contribution in [-0.2, 0) is 12.7 Å². The summed E-state index contributed by atoms with van der Waals surface area (Å²) in [5, 5.41) is 18.6. The molecule has 13 heteroatoms. The Morgan fingerprint density at radius 1 is 1.17 bits per heavy atom. The summed E-state index contributed by atoms with van der Waals surface area (Å²) in [5.41, 5.74) is 1.64. The molecule has 1 aliphatic heterocycles. The molecule has 1 N–H and O–H groups in total. The molecule has 1 aliphatic rings. The van der Waals surface area contributed by atoms with Gasteiger partial charge in [-0.2, -0.15) is 18.3 Å². The van der Waals surface area contributed by atoms with Gasteiger partial charge >= 0.3 is 6.18 Å². The summed E-state index contributed by atoms with van der Waals surface area (Å²) in [6.45, 7) is 0.742. The summed E-state index contributed by atoms with van der Waals surface area (Å²) in [4.78, 5) is 26.2. The van der Waals surface area contributed by atoms with Crippen LogP contribution in [0.3, 0.4) is 0 Å². The van der Waals surface area contributed by atoms with Gasteiger partial charge in [-0.15, -0.1) is 0 Å². The lowest BCUT2D eigenvalue weighted by Gasteiger charge is -2.17. The fraction of sp³-hybridized carbons (Fsp3) is 0.261. The number of benzene rings is 1. The summed E-state index contributed by atoms with van der Waals surface area (Å²) < 4.78 is 42.2. The molecule has 184 valence electrons. The summed E-state index contributed by atoms with van der Waals surface area (Å²) >= 11 is 0. The first-order chi connectivity index (χ1) is 17.3. The molecule has 0 saturated carbocycles. The molecule has 4 aromatic rings. The Morgan fingerprint density at radius 3 is 2.78 bits per heavy atom. The van der Waals surface area contributed by atoms with Gasteiger partial charge in [0.25, 0.3) is 5.69 Å². The number of rotatable bonds is 6. The molecule has 36 heavy (non-hydrogen) atoms. The lowest BCUT2D eigenvalue weighted by molar-refractivity contribution is -0.384. The minimum absolute atomic E-state index is 0.0104. The van der Waals surface area contributed by atoms with Crippen molar-refractivity contribution in [2.75, 3.05) is 11.9 Å². The molecule has 10 nitrogen and oxygen atoms in total. The number of nitrogens with one attached hydrogen (secondary N) is 1. The molecular weight excluding hydrogens is 477 g/mol. The molecule has 0 radical (unpaired) electrons. The molecule has 0 spiro atoms. The van der Waals surface area contributed by atoms with Gasteiger partial charge in [0.15, 0.2) is 5.65 Å². The van der Waals surface area contributed by atoms with Crippen LogP contribution < -0.4 is 5.32 Å². The van der Waals surface area contributed by atoms with Crippen molar-refractivity contribution in [3.63, 3.8) is 0 Å². The lowest BCUT2D eigenvalue weighted by atomic mass is 10.1. The van der Waals surface area contributed by atoms with E-state index in [0.717, 1.165) is 24.9 Å². The lowest BCUT2D eigenvalue weighted by Crippen LogP contribution is -2.14. The smallest absolute Gasteiger partial charge is 0.365 e. The van der Waals surface area contributed by atoms with Crippen molar-refractivity contribution in [3.8, 4) is 11.1 Å². The molecule has 0 fully saturated rings. The van der Waals surface area contributed by atoms with Gasteiger partial charge in [-0.3, -0.25) is 19.8 Å². The van der Waals surface area contributed by atoms with E-state index >= 15 is 0 Å². The first-order valence-corrected chi connectivity index (χ1v) is 11.0. The molecule has 0 unspecified atom stereocenters. The van der Waals surface area contributed by atoms with Gasteiger partial charge in [0, 0.05) is 61.4 Å². The number of aliphatic imine (C=N–C) groups is 1. The average molecular weight is 496 g/mol. The van der Waals surface area contributed by atoms with Gasteiger partial charge in [0.05, 0.1) is 22.5 Å². The third-order valence-electron chi connectivity index (χ3n) is 5.79. The standard InChI is InChI=1S/C23H19F3N8O2/c24-23(25,26)22-31-20(28-10-14-2-1-3-18(8-14)34(35)36)19-9-15(11-29-21(19)32-22)16-12-30-33(13-16)17-4-6-27-7-5-17/h1-3,6,8-9,11-13,17H,4-5,7,10H2,(H,28,29,31,32)/t17-/m1/s1. The highest BCUT2D eigenvalue weighted by atomic mass is 19.4. The number of anilines is 1. The van der Waals surface area contributed by atoms with Crippen LogP contribution in [0, 0.1) is 10.1 Å². The third-order valence-corrected chi connectivity index (χ3v) is 5.79. The summed E-state index contributed by atoms with van der Waals surface area (Å²) in [5.74, 6) is -1.41. The molecule has 3 aromatic heterocycles. The molecule has 1 aromatic carbocycles. The number of nitro groups is 1. The largest absolute Gasteiger partial charge is 0.451 e. The predicted molar refractivity (Wildman–Crippen MR) is 126 cm³/mol. The van der Waals surface area contributed by atoms with Crippen LogP contribution in [0.15, 0.2) is 53.9 Å². The van der Waals surface area contributed by atoms with Crippen LogP contribution in [0.4, 0.5) is 24.7 Å². The Balaban J connectivity index is 1.50. The third kappa shape index (κ3) is 4.85. The molecule has 4 heterocycles. The highest BCUT2D eigenvalue weighted by Crippen LogP contribution is 2.32. The number of hydrogen-bond donors (Lipinski definition) is 1. The van der Waals surface area contributed by atoms with Crippen LogP contribution in [0.2, 0.25) is 0 Å². The molecule has 0 aliphatic carbocycles. The average Bonchev–Trinajstić information content (AvgIpc) is 3.37. The Morgan fingerprint density at radius 2 is 2.03 bits per heavy atom. The molecule has 0 saturated heterocycles. The molecule has 0 amide bonds. The van der Waals surface area contributed by atoms with Crippen molar-refractivity contribution in [1.82, 2.24) is 24.7 Å². The van der Waals surface area contributed by atoms with Crippen LogP contribution in [-0.4, -0.2) is 42.4 Å². The zero-order valence-electron chi connectivity index (χ0n) is 18.7. The summed E-state index contributed by atoms with van der Waals surface area (Å²) in [6, 6.07) is 7.65. The van der Waals surface area contributed by atoms with Crippen molar-refractivity contribution >= 4 is 28.8 Å². The van der Waals surface area contributed by atoms with Gasteiger partial charge in [0.2, 0.25) is 5.82 Å². The monoisotopic (exact) mass is 496 g/mol. The quantitative estimate of drug-likeness (QED) is 0.299. The highest BCUT2D eigenvalue weighted by Gasteiger charge is 2.36. The number of hydrogen-bond acceptors (Lipinski definition) is 8. The first kappa shape index (κ1) is 23.3. The molecule has 5 rings (SSSR count). The second-order valence-electron chi connectivity index (χ2n) is 8.25. The van der Waals surface area contributed by atoms with Crippen molar-refractivity contribution < 1.29 is 18.1 Å². The topological polar surface area (TPSA) is 124 Å². The second kappa shape index (κ2) is 9.32. The maximum Gasteiger partial charge on any atom is 0.451 e. The van der Waals surface area contributed by atoms with E-state index in [1.54, 1.807) is 18.3 Å². The fourth-order valence-electron chi connectivity index (χ4n) is 3.95. The zero-order chi connectivity index (χ0) is 25.3. The van der Waals surface area contributed by atoms with E-state index in [1.807, 2.05) is 17.1 Å². The number of pyridine rings is 1. The first-order valence-electron chi connectivity index (χ1n) is 11.0. The van der Waals surface area contributed by atoms with E-state index in [9.17, 15) is 23.3 Å². The Bertz CT molecular complexity index is 1470. The van der Waals surface area contributed by atoms with Gasteiger partial charge in [-0.25, -0.2) is 15.0 Å². The van der Waals surface area contributed by atoms with Crippen LogP contribution >= 0.6 is 0 Å². The Hall–Kier alpha value is -4.42. The normalized spacial score (nSPS) is 15.8. The minimum Gasteiger partial charge on any atom is -0.365 e. The number of fused-ring (bicyclic) bond motifs is 1. The maximum absolute atomic E-state index is 13.4. The second-order valence-corrected chi connectivity index (χ2v) is 8.25. The predicted octanol–water partition coefficient (Wildman–Crippen LogP) is 4.83. The number of nitrogens with zero attached hydrogens (tertiary/aromatic N) is 7. The fourth-order valence-corrected chi connectivity index (χ4v) is 3.95. The van der Waals surface area contributed by atoms with Crippen molar-refractivity contribution in [1.29, 1.82) is 0 Å². The van der Waals surface area contributed by atoms with E-state index in [1.165, 1.54) is 24.4 Å². The number of non-ortho nitro benzene ring substituents is 1. The van der Waals surface area contributed by atoms with Gasteiger partial charge < -0.3 is 5.32 Å². The van der Waals surface area contributed by atoms with Gasteiger partial charge in [-0.1, -0.05) is 12.1 Å². The van der Waals surface area contributed by atoms with E-state index in [-0.39, 0.29) is 35.1 Å². The zero-order valence-corrected chi connectivity index (χ0v) is 18.7. The van der Waals surface area contributed by atoms with Gasteiger partial charge in [0.1, 0.15) is 5.82 Å². The SMILES string of the molecule is O=[N+]([O-])c1cccc(CNc2nc(C(F)(F)F)nc3ncc(-c4cnn([C@@H]5CC=NCC5)c4)cc23)c1. The molecule has 0 bridgehead atoms. The molecule has 1 atom stereocenters. The number of aromatic nitrogens is 5. The number of halogens is 3. The Kier molecular flexibility index (Phi) is 6.04. The Labute approximate surface area is 202 Å². The summed E-state index contributed by atoms with van der Waals surface area (Å²) in [6.07, 6.45) is 3.74. The van der Waals surface area contributed by atoms with Gasteiger partial charge in [-0.05, 0) is 18.1 Å². The van der Waals surface area contributed by atoms with Crippen LogP contribution in [0.25, 0.3) is 22.2 Å². The van der Waals surface area contributed by atoms with E-state index in [4.69, 9.17) is 0 Å². The maximum atomic E-state index is 13.4. The van der Waals surface area contributed by atoms with Crippen LogP contribution in [0.5, 0.6) is 0 Å². The number of nitro benzene ring substituents is 1. The number of alkyl halides is 3. The van der Waals surface area contributed by atoms with E-state index < -0.39 is 16.9 Å². The summed E-state index contributed by atoms with van der Waals surface area (Å²) in [7, 11) is 0. The highest BCUT2D eigenvalue weighted by molar-refractivity contribution is 5.89. The van der Waals surface area contributed by atoms with Crippen molar-refractivity contribution in [2.45, 2.75) is 31.6 Å². The molecular formula is C23H19F3N8O2. The van der Waals surface area contributed by atoms with Crippen molar-refractivity contribution in [2.24, 2.45) is 4.99 Å². The minimum atomic E-state index is -4.78. The van der Waals surface area contributed by atoms with E-state index in [2.05, 4.69) is 30.4 Å².